The Kier molecular flexibility index (Phi) is 7.72. The van der Waals surface area contributed by atoms with Gasteiger partial charge in [-0.25, -0.2) is 13.5 Å². The molecule has 43 heavy (non-hydrogen) atoms. The largest absolute Gasteiger partial charge is 0.375 e. The quantitative estimate of drug-likeness (QED) is 0.379. The molecule has 3 aromatic rings. The summed E-state index contributed by atoms with van der Waals surface area (Å²) in [7, 11) is 0. The number of hydrogen-bond donors (Lipinski definition) is 0. The van der Waals surface area contributed by atoms with Crippen molar-refractivity contribution >= 4 is 17.5 Å². The molecule has 2 aromatic carbocycles. The summed E-state index contributed by atoms with van der Waals surface area (Å²) in [5.74, 6) is -1.47. The van der Waals surface area contributed by atoms with Gasteiger partial charge in [-0.15, -0.1) is 5.10 Å². The van der Waals surface area contributed by atoms with Crippen molar-refractivity contribution in [2.75, 3.05) is 26.2 Å². The lowest BCUT2D eigenvalue weighted by Gasteiger charge is -2.36. The lowest BCUT2D eigenvalue weighted by molar-refractivity contribution is -0.137. The van der Waals surface area contributed by atoms with Gasteiger partial charge in [0.05, 0.1) is 18.8 Å². The molecule has 4 aliphatic rings. The fourth-order valence-electron chi connectivity index (χ4n) is 8.15. The van der Waals surface area contributed by atoms with Gasteiger partial charge in [0.1, 0.15) is 18.0 Å². The molecule has 0 radical (unpaired) electrons. The van der Waals surface area contributed by atoms with Crippen molar-refractivity contribution in [2.24, 2.45) is 5.92 Å². The Balaban J connectivity index is 1.10. The Morgan fingerprint density at radius 3 is 2.56 bits per heavy atom. The zero-order valence-electron chi connectivity index (χ0n) is 24.5. The molecule has 4 heterocycles. The number of aromatic nitrogens is 4. The molecule has 0 N–H and O–H groups in total. The van der Waals surface area contributed by atoms with Crippen LogP contribution in [0.25, 0.3) is 0 Å². The second kappa shape index (κ2) is 11.5. The standard InChI is InChI=1S/C32H37ClF2N6O2/c1-18-9-26(19(2)41-17-36-37-38-41)27(14-30(18)33)20-5-7-39(8-6-20)32(42)29-13-22(40-15-24-11-23(40)16-43-24)12-28(29)25-4-3-21(34)10-31(25)35/h3-4,9-10,14,17,19-20,22-24,28-29H,5-8,11-13,15-16H2,1-2H3/t19-,22?,23-,24-,28+,29?/m1/s1. The summed E-state index contributed by atoms with van der Waals surface area (Å²) >= 11 is 6.61. The van der Waals surface area contributed by atoms with Crippen LogP contribution in [0.2, 0.25) is 5.02 Å². The maximum atomic E-state index is 15.1. The lowest BCUT2D eigenvalue weighted by atomic mass is 9.83. The molecule has 2 bridgehead atoms. The van der Waals surface area contributed by atoms with Crippen LogP contribution in [0.15, 0.2) is 36.7 Å². The van der Waals surface area contributed by atoms with Crippen LogP contribution in [0.4, 0.5) is 8.78 Å². The van der Waals surface area contributed by atoms with E-state index in [1.165, 1.54) is 17.7 Å². The molecular formula is C32H37ClF2N6O2. The van der Waals surface area contributed by atoms with Gasteiger partial charge >= 0.3 is 0 Å². The average molecular weight is 611 g/mol. The minimum Gasteiger partial charge on any atom is -0.375 e. The number of likely N-dealkylation sites (tertiary alicyclic amines) is 2. The molecule has 2 unspecified atom stereocenters. The van der Waals surface area contributed by atoms with Crippen molar-refractivity contribution in [3.8, 4) is 0 Å². The van der Waals surface area contributed by atoms with E-state index in [1.807, 2.05) is 11.8 Å². The Hall–Kier alpha value is -2.95. The Bertz CT molecular complexity index is 1500. The highest BCUT2D eigenvalue weighted by atomic mass is 35.5. The van der Waals surface area contributed by atoms with Crippen LogP contribution in [0.1, 0.15) is 79.2 Å². The summed E-state index contributed by atoms with van der Waals surface area (Å²) in [5, 5.41) is 12.5. The van der Waals surface area contributed by atoms with Gasteiger partial charge in [0.2, 0.25) is 5.91 Å². The SMILES string of the molecule is Cc1cc([C@@H](C)n2cnnn2)c(C2CCN(C(=O)C3CC(N4C[C@H]5C[C@@H]4CO5)C[C@H]3c3ccc(F)cc3F)CC2)cc1Cl. The van der Waals surface area contributed by atoms with E-state index in [0.717, 1.165) is 54.6 Å². The molecular weight excluding hydrogens is 574 g/mol. The Morgan fingerprint density at radius 1 is 1.07 bits per heavy atom. The highest BCUT2D eigenvalue weighted by Crippen LogP contribution is 2.47. The van der Waals surface area contributed by atoms with Crippen molar-refractivity contribution in [1.29, 1.82) is 0 Å². The first-order valence-corrected chi connectivity index (χ1v) is 15.8. The number of hydrogen-bond acceptors (Lipinski definition) is 6. The highest BCUT2D eigenvalue weighted by Gasteiger charge is 2.49. The number of halogens is 3. The molecule has 4 fully saturated rings. The second-order valence-corrected chi connectivity index (χ2v) is 13.2. The molecule has 11 heteroatoms. The summed E-state index contributed by atoms with van der Waals surface area (Å²) in [6.45, 7) is 6.90. The number of ether oxygens (including phenoxy) is 1. The van der Waals surface area contributed by atoms with E-state index in [-0.39, 0.29) is 41.8 Å². The second-order valence-electron chi connectivity index (χ2n) is 12.8. The zero-order valence-corrected chi connectivity index (χ0v) is 25.3. The molecule has 0 spiro atoms. The van der Waals surface area contributed by atoms with Crippen LogP contribution in [0.3, 0.4) is 0 Å². The summed E-state index contributed by atoms with van der Waals surface area (Å²) in [4.78, 5) is 18.6. The number of carbonyl (C=O) groups is 1. The normalized spacial score (nSPS) is 28.6. The average Bonchev–Trinajstić information content (AvgIpc) is 3.83. The number of carbonyl (C=O) groups excluding carboxylic acids is 1. The lowest BCUT2D eigenvalue weighted by Crippen LogP contribution is -2.44. The van der Waals surface area contributed by atoms with E-state index >= 15 is 4.39 Å². The number of morpholine rings is 1. The molecule has 228 valence electrons. The van der Waals surface area contributed by atoms with Gasteiger partial charge in [-0.05, 0) is 103 Å². The van der Waals surface area contributed by atoms with Gasteiger partial charge in [-0.3, -0.25) is 9.69 Å². The zero-order chi connectivity index (χ0) is 29.8. The van der Waals surface area contributed by atoms with Crippen molar-refractivity contribution in [3.63, 3.8) is 0 Å². The molecule has 3 aliphatic heterocycles. The van der Waals surface area contributed by atoms with E-state index < -0.39 is 11.6 Å². The molecule has 8 nitrogen and oxygen atoms in total. The number of fused-ring (bicyclic) bond motifs is 2. The monoisotopic (exact) mass is 610 g/mol. The number of amides is 1. The number of piperidine rings is 1. The minimum atomic E-state index is -0.597. The first-order chi connectivity index (χ1) is 20.8. The molecule has 3 saturated heterocycles. The maximum absolute atomic E-state index is 15.1. The summed E-state index contributed by atoms with van der Waals surface area (Å²) < 4.78 is 36.5. The predicted molar refractivity (Wildman–Crippen MR) is 157 cm³/mol. The third kappa shape index (κ3) is 5.36. The van der Waals surface area contributed by atoms with Gasteiger partial charge < -0.3 is 9.64 Å². The van der Waals surface area contributed by atoms with E-state index in [0.29, 0.717) is 37.5 Å². The number of rotatable bonds is 6. The van der Waals surface area contributed by atoms with Crippen molar-refractivity contribution in [1.82, 2.24) is 30.0 Å². The third-order valence-corrected chi connectivity index (χ3v) is 10.9. The van der Waals surface area contributed by atoms with Crippen molar-refractivity contribution in [2.45, 2.75) is 82.0 Å². The number of benzene rings is 2. The van der Waals surface area contributed by atoms with Gasteiger partial charge in [0.25, 0.3) is 0 Å². The van der Waals surface area contributed by atoms with Crippen LogP contribution in [0, 0.1) is 24.5 Å². The predicted octanol–water partition coefficient (Wildman–Crippen LogP) is 5.26. The molecule has 1 saturated carbocycles. The van der Waals surface area contributed by atoms with E-state index in [1.54, 1.807) is 11.0 Å². The van der Waals surface area contributed by atoms with Crippen LogP contribution >= 0.6 is 11.6 Å². The molecule has 1 aromatic heterocycles. The Labute approximate surface area is 255 Å². The van der Waals surface area contributed by atoms with E-state index in [2.05, 4.69) is 39.5 Å². The van der Waals surface area contributed by atoms with Crippen molar-refractivity contribution in [3.05, 3.63) is 75.6 Å². The Morgan fingerprint density at radius 2 is 1.88 bits per heavy atom. The number of nitrogens with zero attached hydrogens (tertiary/aromatic N) is 6. The summed E-state index contributed by atoms with van der Waals surface area (Å²) in [6.07, 6.45) is 5.88. The van der Waals surface area contributed by atoms with Gasteiger partial charge in [0.15, 0.2) is 0 Å². The van der Waals surface area contributed by atoms with Crippen LogP contribution in [-0.4, -0.2) is 80.3 Å². The van der Waals surface area contributed by atoms with Crippen molar-refractivity contribution < 1.29 is 18.3 Å². The summed E-state index contributed by atoms with van der Waals surface area (Å²) in [6, 6.07) is 8.48. The molecule has 1 aliphatic carbocycles. The van der Waals surface area contributed by atoms with Crippen LogP contribution in [-0.2, 0) is 9.53 Å². The first-order valence-electron chi connectivity index (χ1n) is 15.4. The number of aryl methyl sites for hydroxylation is 1. The fourth-order valence-corrected chi connectivity index (χ4v) is 8.32. The summed E-state index contributed by atoms with van der Waals surface area (Å²) in [5.41, 5.74) is 3.76. The van der Waals surface area contributed by atoms with Crippen LogP contribution < -0.4 is 0 Å². The molecule has 7 rings (SSSR count). The number of tetrazole rings is 1. The molecule has 6 atom stereocenters. The third-order valence-electron chi connectivity index (χ3n) is 10.5. The first kappa shape index (κ1) is 28.8. The van der Waals surface area contributed by atoms with E-state index in [9.17, 15) is 9.18 Å². The maximum Gasteiger partial charge on any atom is 0.226 e. The molecule has 1 amide bonds. The minimum absolute atomic E-state index is 0.0614. The van der Waals surface area contributed by atoms with Gasteiger partial charge in [-0.2, -0.15) is 0 Å². The highest BCUT2D eigenvalue weighted by molar-refractivity contribution is 6.31. The smallest absolute Gasteiger partial charge is 0.226 e. The van der Waals surface area contributed by atoms with Gasteiger partial charge in [0, 0.05) is 48.7 Å². The topological polar surface area (TPSA) is 76.4 Å². The van der Waals surface area contributed by atoms with Crippen LogP contribution in [0.5, 0.6) is 0 Å². The van der Waals surface area contributed by atoms with E-state index in [4.69, 9.17) is 16.3 Å². The van der Waals surface area contributed by atoms with Gasteiger partial charge in [-0.1, -0.05) is 23.7 Å². The fraction of sp³-hybridized carbons (Fsp3) is 0.562.